The van der Waals surface area contributed by atoms with Crippen LogP contribution in [0.15, 0.2) is 29.8 Å². The number of nitrogens with zero attached hydrogens (tertiary/aromatic N) is 3. The summed E-state index contributed by atoms with van der Waals surface area (Å²) in [5.74, 6) is -2.14. The maximum Gasteiger partial charge on any atom is 0.414 e. The van der Waals surface area contributed by atoms with Crippen LogP contribution in [0.1, 0.15) is 6.42 Å². The molecule has 2 aliphatic heterocycles. The van der Waals surface area contributed by atoms with E-state index < -0.39 is 36.5 Å². The van der Waals surface area contributed by atoms with E-state index in [9.17, 15) is 27.2 Å². The summed E-state index contributed by atoms with van der Waals surface area (Å²) in [5.41, 5.74) is 0.712. The van der Waals surface area contributed by atoms with E-state index >= 15 is 0 Å². The van der Waals surface area contributed by atoms with Crippen molar-refractivity contribution in [2.45, 2.75) is 25.1 Å². The minimum atomic E-state index is -3.18. The fourth-order valence-electron chi connectivity index (χ4n) is 3.34. The lowest BCUT2D eigenvalue weighted by Gasteiger charge is -2.32. The highest BCUT2D eigenvalue weighted by atomic mass is 19.3. The number of benzene rings is 1. The number of rotatable bonds is 5. The Morgan fingerprint density at radius 3 is 2.80 bits per heavy atom. The predicted octanol–water partition coefficient (Wildman–Crippen LogP) is 2.53. The largest absolute Gasteiger partial charge is 0.442 e. The molecule has 2 fully saturated rings. The van der Waals surface area contributed by atoms with Crippen molar-refractivity contribution < 1.29 is 31.9 Å². The quantitative estimate of drug-likeness (QED) is 0.578. The lowest BCUT2D eigenvalue weighted by Crippen LogP contribution is -2.38. The zero-order valence-corrected chi connectivity index (χ0v) is 15.7. The molecule has 0 saturated carbocycles. The molecule has 7 nitrogen and oxygen atoms in total. The normalized spacial score (nSPS) is 22.9. The summed E-state index contributed by atoms with van der Waals surface area (Å²) in [4.78, 5) is 25.6. The zero-order valence-electron chi connectivity index (χ0n) is 15.7. The molecule has 0 bridgehead atoms. The topological polar surface area (TPSA) is 85.7 Å². The van der Waals surface area contributed by atoms with Crippen LogP contribution in [0.4, 0.5) is 33.7 Å². The number of halogens is 4. The van der Waals surface area contributed by atoms with Gasteiger partial charge in [-0.3, -0.25) is 9.69 Å². The molecule has 3 rings (SSSR count). The molecule has 0 spiro atoms. The van der Waals surface area contributed by atoms with Crippen LogP contribution >= 0.6 is 0 Å². The summed E-state index contributed by atoms with van der Waals surface area (Å²) >= 11 is 0. The third-order valence-electron chi connectivity index (χ3n) is 4.86. The Bertz CT molecular complexity index is 902. The number of ether oxygens (including phenoxy) is 1. The van der Waals surface area contributed by atoms with Crippen molar-refractivity contribution >= 4 is 23.4 Å². The first kappa shape index (κ1) is 21.4. The van der Waals surface area contributed by atoms with E-state index in [1.165, 1.54) is 23.1 Å². The van der Waals surface area contributed by atoms with Gasteiger partial charge in [-0.15, -0.1) is 0 Å². The zero-order chi connectivity index (χ0) is 21.8. The molecule has 0 aromatic heterocycles. The summed E-state index contributed by atoms with van der Waals surface area (Å²) in [7, 11) is 0. The Kier molecular flexibility index (Phi) is 6.44. The van der Waals surface area contributed by atoms with E-state index in [0.29, 0.717) is 18.5 Å². The Labute approximate surface area is 169 Å². The number of alkyl halides is 3. The molecule has 2 unspecified atom stereocenters. The average molecular weight is 426 g/mol. The number of carbonyl (C=O) groups excluding carboxylic acids is 2. The van der Waals surface area contributed by atoms with Crippen molar-refractivity contribution in [1.82, 2.24) is 5.32 Å². The van der Waals surface area contributed by atoms with Gasteiger partial charge in [0, 0.05) is 12.6 Å². The third-order valence-corrected chi connectivity index (χ3v) is 4.86. The fourth-order valence-corrected chi connectivity index (χ4v) is 3.34. The number of cyclic esters (lactones) is 1. The molecule has 30 heavy (non-hydrogen) atoms. The Hall–Kier alpha value is -3.29. The summed E-state index contributed by atoms with van der Waals surface area (Å²) in [6.07, 6.45) is -4.75. The van der Waals surface area contributed by atoms with Crippen LogP contribution in [0.3, 0.4) is 0 Å². The maximum atomic E-state index is 14.7. The highest BCUT2D eigenvalue weighted by Gasteiger charge is 2.34. The van der Waals surface area contributed by atoms with Gasteiger partial charge in [0.05, 0.1) is 37.1 Å². The van der Waals surface area contributed by atoms with Gasteiger partial charge in [-0.05, 0) is 30.2 Å². The highest BCUT2D eigenvalue weighted by molar-refractivity contribution is 5.90. The number of allylic oxidation sites excluding steroid dienone is 1. The number of anilines is 2. The van der Waals surface area contributed by atoms with Gasteiger partial charge in [0.2, 0.25) is 0 Å². The molecule has 0 radical (unpaired) electrons. The third kappa shape index (κ3) is 4.64. The second-order valence-corrected chi connectivity index (χ2v) is 6.81. The van der Waals surface area contributed by atoms with Crippen LogP contribution in [0.2, 0.25) is 0 Å². The van der Waals surface area contributed by atoms with Crippen LogP contribution in [0.25, 0.3) is 0 Å². The number of hydrogen-bond donors (Lipinski definition) is 1. The van der Waals surface area contributed by atoms with Gasteiger partial charge >= 0.3 is 12.5 Å². The molecule has 1 N–H and O–H groups in total. The van der Waals surface area contributed by atoms with Crippen molar-refractivity contribution in [2.24, 2.45) is 0 Å². The number of carbonyl (C=O) groups is 2. The second-order valence-electron chi connectivity index (χ2n) is 6.81. The monoisotopic (exact) mass is 426 g/mol. The average Bonchev–Trinajstić information content (AvgIpc) is 3.08. The van der Waals surface area contributed by atoms with Crippen molar-refractivity contribution in [1.29, 1.82) is 5.26 Å². The van der Waals surface area contributed by atoms with Gasteiger partial charge < -0.3 is 15.0 Å². The van der Waals surface area contributed by atoms with E-state index in [0.717, 1.165) is 11.0 Å². The van der Waals surface area contributed by atoms with E-state index in [1.807, 2.05) is 5.32 Å². The SMILES string of the molecule is N#CC=C1CCN(c2ccc(N3CC(CNC(=O)C(F)F)OC3=O)cc2F)CC1F. The van der Waals surface area contributed by atoms with Gasteiger partial charge in [-0.25, -0.2) is 13.6 Å². The number of amides is 2. The van der Waals surface area contributed by atoms with Crippen LogP contribution in [-0.4, -0.2) is 56.9 Å². The minimum absolute atomic E-state index is 0.0558. The molecule has 2 aliphatic rings. The molecule has 2 saturated heterocycles. The standard InChI is InChI=1S/C19H18F4N4O3/c20-14-7-12(27-9-13(30-19(27)29)8-25-18(28)17(22)23)1-2-16(14)26-6-4-11(3-5-24)15(21)10-26/h1-3,7,13,15,17H,4,6,8-10H2,(H,25,28). The number of piperidine rings is 1. The lowest BCUT2D eigenvalue weighted by molar-refractivity contribution is -0.132. The van der Waals surface area contributed by atoms with E-state index in [4.69, 9.17) is 10.00 Å². The Morgan fingerprint density at radius 2 is 2.17 bits per heavy atom. The molecular formula is C19H18F4N4O3. The molecule has 2 amide bonds. The molecule has 2 heterocycles. The fraction of sp³-hybridized carbons (Fsp3) is 0.421. The summed E-state index contributed by atoms with van der Waals surface area (Å²) in [6, 6.07) is 5.78. The van der Waals surface area contributed by atoms with E-state index in [2.05, 4.69) is 0 Å². The first-order valence-corrected chi connectivity index (χ1v) is 9.11. The Morgan fingerprint density at radius 1 is 1.40 bits per heavy atom. The predicted molar refractivity (Wildman–Crippen MR) is 98.5 cm³/mol. The van der Waals surface area contributed by atoms with Gasteiger partial charge in [0.15, 0.2) is 0 Å². The summed E-state index contributed by atoms with van der Waals surface area (Å²) in [5, 5.41) is 10.6. The molecular weight excluding hydrogens is 408 g/mol. The van der Waals surface area contributed by atoms with Crippen LogP contribution in [0.5, 0.6) is 0 Å². The lowest BCUT2D eigenvalue weighted by atomic mass is 10.0. The molecule has 0 aliphatic carbocycles. The highest BCUT2D eigenvalue weighted by Crippen LogP contribution is 2.31. The summed E-state index contributed by atoms with van der Waals surface area (Å²) in [6.45, 7) is -0.112. The maximum absolute atomic E-state index is 14.7. The van der Waals surface area contributed by atoms with Crippen molar-refractivity contribution in [2.75, 3.05) is 36.0 Å². The number of nitriles is 1. The Balaban J connectivity index is 1.65. The summed E-state index contributed by atoms with van der Waals surface area (Å²) < 4.78 is 58.3. The molecule has 11 heteroatoms. The van der Waals surface area contributed by atoms with Gasteiger partial charge in [0.1, 0.15) is 18.1 Å². The van der Waals surface area contributed by atoms with Crippen molar-refractivity contribution in [3.63, 3.8) is 0 Å². The minimum Gasteiger partial charge on any atom is -0.442 e. The molecule has 1 aromatic rings. The van der Waals surface area contributed by atoms with Gasteiger partial charge in [0.25, 0.3) is 5.91 Å². The number of hydrogen-bond acceptors (Lipinski definition) is 5. The van der Waals surface area contributed by atoms with Crippen LogP contribution < -0.4 is 15.1 Å². The van der Waals surface area contributed by atoms with Gasteiger partial charge in [-0.2, -0.15) is 14.0 Å². The van der Waals surface area contributed by atoms with Crippen LogP contribution in [0, 0.1) is 17.1 Å². The number of nitrogens with one attached hydrogen (secondary N) is 1. The van der Waals surface area contributed by atoms with Crippen molar-refractivity contribution in [3.05, 3.63) is 35.7 Å². The molecule has 1 aromatic carbocycles. The van der Waals surface area contributed by atoms with E-state index in [-0.39, 0.29) is 31.0 Å². The van der Waals surface area contributed by atoms with E-state index in [1.54, 1.807) is 6.07 Å². The van der Waals surface area contributed by atoms with Gasteiger partial charge in [-0.1, -0.05) is 0 Å². The molecule has 160 valence electrons. The first-order valence-electron chi connectivity index (χ1n) is 9.11. The second kappa shape index (κ2) is 9.02. The van der Waals surface area contributed by atoms with Crippen LogP contribution in [-0.2, 0) is 9.53 Å². The van der Waals surface area contributed by atoms with Crippen molar-refractivity contribution in [3.8, 4) is 6.07 Å². The molecule has 2 atom stereocenters. The smallest absolute Gasteiger partial charge is 0.414 e. The first-order chi connectivity index (χ1) is 14.3.